The normalized spacial score (nSPS) is 31.5. The van der Waals surface area contributed by atoms with Crippen LogP contribution in [-0.4, -0.2) is 48.1 Å². The average molecular weight is 351 g/mol. The van der Waals surface area contributed by atoms with E-state index in [0.29, 0.717) is 24.8 Å². The Balaban J connectivity index is 1.52. The molecule has 0 spiro atoms. The molecule has 2 amide bonds. The van der Waals surface area contributed by atoms with E-state index in [1.165, 1.54) is 25.7 Å². The van der Waals surface area contributed by atoms with Crippen LogP contribution in [0.15, 0.2) is 0 Å². The summed E-state index contributed by atoms with van der Waals surface area (Å²) < 4.78 is 0. The summed E-state index contributed by atoms with van der Waals surface area (Å²) in [5, 5.41) is 18.1. The Morgan fingerprint density at radius 1 is 1.16 bits per heavy atom. The van der Waals surface area contributed by atoms with Gasteiger partial charge in [-0.2, -0.15) is 0 Å². The van der Waals surface area contributed by atoms with E-state index < -0.39 is 12.0 Å². The van der Waals surface area contributed by atoms with Gasteiger partial charge in [0.15, 0.2) is 0 Å². The average Bonchev–Trinajstić information content (AvgIpc) is 3.27. The first-order chi connectivity index (χ1) is 12.0. The Bertz CT molecular complexity index is 518. The van der Waals surface area contributed by atoms with Crippen molar-refractivity contribution in [2.75, 3.05) is 13.1 Å². The van der Waals surface area contributed by atoms with Gasteiger partial charge in [-0.3, -0.25) is 9.59 Å². The molecule has 4 atom stereocenters. The Hall–Kier alpha value is -1.63. The quantitative estimate of drug-likeness (QED) is 0.562. The molecule has 4 N–H and O–H groups in total. The summed E-state index contributed by atoms with van der Waals surface area (Å²) >= 11 is 0. The van der Waals surface area contributed by atoms with Crippen molar-refractivity contribution in [2.24, 2.45) is 17.8 Å². The van der Waals surface area contributed by atoms with E-state index in [1.807, 2.05) is 0 Å². The highest BCUT2D eigenvalue weighted by molar-refractivity contribution is 5.88. The van der Waals surface area contributed by atoms with E-state index in [1.54, 1.807) is 0 Å². The maximum absolute atomic E-state index is 12.5. The van der Waals surface area contributed by atoms with Crippen molar-refractivity contribution in [3.63, 3.8) is 0 Å². The van der Waals surface area contributed by atoms with Gasteiger partial charge < -0.3 is 21.1 Å². The number of carboxylic acid groups (broad SMARTS) is 1. The molecule has 3 aliphatic rings. The number of rotatable bonds is 6. The van der Waals surface area contributed by atoms with Gasteiger partial charge in [0.05, 0.1) is 6.04 Å². The minimum absolute atomic E-state index is 0.105. The molecule has 140 valence electrons. The van der Waals surface area contributed by atoms with Crippen LogP contribution in [0.3, 0.4) is 0 Å². The van der Waals surface area contributed by atoms with Crippen LogP contribution in [0.5, 0.6) is 0 Å². The third-order valence-electron chi connectivity index (χ3n) is 6.08. The lowest BCUT2D eigenvalue weighted by Gasteiger charge is -2.25. The van der Waals surface area contributed by atoms with Crippen molar-refractivity contribution in [1.82, 2.24) is 16.0 Å². The van der Waals surface area contributed by atoms with Gasteiger partial charge >= 0.3 is 5.97 Å². The highest BCUT2D eigenvalue weighted by atomic mass is 16.4. The van der Waals surface area contributed by atoms with Crippen LogP contribution in [-0.2, 0) is 14.4 Å². The maximum atomic E-state index is 12.5. The molecule has 0 aromatic heterocycles. The van der Waals surface area contributed by atoms with Crippen LogP contribution in [0.4, 0.5) is 0 Å². The number of piperidine rings is 1. The number of carbonyl (C=O) groups is 3. The van der Waals surface area contributed by atoms with Crippen LogP contribution in [0.1, 0.15) is 51.4 Å². The van der Waals surface area contributed by atoms with Gasteiger partial charge in [0, 0.05) is 12.5 Å². The van der Waals surface area contributed by atoms with Gasteiger partial charge in [0.25, 0.3) is 0 Å². The third-order valence-corrected chi connectivity index (χ3v) is 6.08. The second kappa shape index (κ2) is 8.17. The predicted octanol–water partition coefficient (Wildman–Crippen LogP) is 0.640. The SMILES string of the molecule is O=C(O)C(C[C@@H]1CCCNC1=O)NC(=O)C1CC(C2CCCC2)CN1. The molecule has 2 saturated heterocycles. The largest absolute Gasteiger partial charge is 0.480 e. The van der Waals surface area contributed by atoms with Gasteiger partial charge in [-0.25, -0.2) is 4.79 Å². The van der Waals surface area contributed by atoms with E-state index in [9.17, 15) is 19.5 Å². The predicted molar refractivity (Wildman–Crippen MR) is 91.8 cm³/mol. The molecule has 1 saturated carbocycles. The number of carboxylic acids is 1. The standard InChI is InChI=1S/C18H29N3O4/c22-16-12(6-3-7-19-16)8-15(18(24)25)21-17(23)14-9-13(10-20-14)11-4-1-2-5-11/h11-15,20H,1-10H2,(H,19,22)(H,21,23)(H,24,25)/t12-,13?,14?,15?/m0/s1. The molecule has 0 aromatic rings. The molecule has 0 radical (unpaired) electrons. The highest BCUT2D eigenvalue weighted by Crippen LogP contribution is 2.35. The second-order valence-electron chi connectivity index (χ2n) is 7.77. The van der Waals surface area contributed by atoms with Crippen LogP contribution in [0.25, 0.3) is 0 Å². The van der Waals surface area contributed by atoms with Gasteiger partial charge in [0.1, 0.15) is 6.04 Å². The molecule has 3 unspecified atom stereocenters. The molecule has 3 fully saturated rings. The summed E-state index contributed by atoms with van der Waals surface area (Å²) in [6.45, 7) is 1.49. The van der Waals surface area contributed by atoms with E-state index in [-0.39, 0.29) is 30.2 Å². The number of aliphatic carboxylic acids is 1. The number of hydrogen-bond acceptors (Lipinski definition) is 4. The lowest BCUT2D eigenvalue weighted by atomic mass is 9.88. The molecule has 0 bridgehead atoms. The molecule has 7 heteroatoms. The zero-order valence-corrected chi connectivity index (χ0v) is 14.6. The monoisotopic (exact) mass is 351 g/mol. The van der Waals surface area contributed by atoms with Gasteiger partial charge in [-0.05, 0) is 44.1 Å². The molecule has 2 aliphatic heterocycles. The lowest BCUT2D eigenvalue weighted by Crippen LogP contribution is -2.50. The number of hydrogen-bond donors (Lipinski definition) is 4. The van der Waals surface area contributed by atoms with Gasteiger partial charge in [-0.1, -0.05) is 25.7 Å². The molecule has 3 rings (SSSR count). The first kappa shape index (κ1) is 18.2. The summed E-state index contributed by atoms with van der Waals surface area (Å²) in [6, 6.07) is -1.32. The molecule has 1 aliphatic carbocycles. The first-order valence-corrected chi connectivity index (χ1v) is 9.59. The van der Waals surface area contributed by atoms with Crippen LogP contribution in [0, 0.1) is 17.8 Å². The Morgan fingerprint density at radius 2 is 1.92 bits per heavy atom. The van der Waals surface area contributed by atoms with Crippen molar-refractivity contribution >= 4 is 17.8 Å². The van der Waals surface area contributed by atoms with E-state index in [0.717, 1.165) is 19.4 Å². The van der Waals surface area contributed by atoms with E-state index in [4.69, 9.17) is 0 Å². The zero-order valence-electron chi connectivity index (χ0n) is 14.6. The Kier molecular flexibility index (Phi) is 5.93. The molecular formula is C18H29N3O4. The van der Waals surface area contributed by atoms with Crippen molar-refractivity contribution in [1.29, 1.82) is 0 Å². The summed E-state index contributed by atoms with van der Waals surface area (Å²) in [7, 11) is 0. The molecule has 7 nitrogen and oxygen atoms in total. The Morgan fingerprint density at radius 3 is 2.60 bits per heavy atom. The molecule has 2 heterocycles. The van der Waals surface area contributed by atoms with Crippen molar-refractivity contribution in [3.05, 3.63) is 0 Å². The smallest absolute Gasteiger partial charge is 0.326 e. The summed E-state index contributed by atoms with van der Waals surface area (Å²) in [5.41, 5.74) is 0. The minimum atomic E-state index is -1.07. The van der Waals surface area contributed by atoms with Crippen LogP contribution < -0.4 is 16.0 Å². The third kappa shape index (κ3) is 4.51. The highest BCUT2D eigenvalue weighted by Gasteiger charge is 2.37. The number of carbonyl (C=O) groups excluding carboxylic acids is 2. The number of amides is 2. The second-order valence-corrected chi connectivity index (χ2v) is 7.77. The number of nitrogens with one attached hydrogen (secondary N) is 3. The molecule has 25 heavy (non-hydrogen) atoms. The van der Waals surface area contributed by atoms with E-state index in [2.05, 4.69) is 16.0 Å². The van der Waals surface area contributed by atoms with Crippen LogP contribution in [0.2, 0.25) is 0 Å². The minimum Gasteiger partial charge on any atom is -0.480 e. The Labute approximate surface area is 148 Å². The first-order valence-electron chi connectivity index (χ1n) is 9.59. The zero-order chi connectivity index (χ0) is 17.8. The summed E-state index contributed by atoms with van der Waals surface area (Å²) in [5.74, 6) is -0.539. The van der Waals surface area contributed by atoms with Crippen molar-refractivity contribution < 1.29 is 19.5 Å². The van der Waals surface area contributed by atoms with E-state index >= 15 is 0 Å². The molecule has 0 aromatic carbocycles. The fourth-order valence-corrected chi connectivity index (χ4v) is 4.59. The topological polar surface area (TPSA) is 108 Å². The lowest BCUT2D eigenvalue weighted by molar-refractivity contribution is -0.143. The van der Waals surface area contributed by atoms with Crippen molar-refractivity contribution in [2.45, 2.75) is 63.5 Å². The summed E-state index contributed by atoms with van der Waals surface area (Å²) in [6.07, 6.45) is 7.52. The van der Waals surface area contributed by atoms with Gasteiger partial charge in [0.2, 0.25) is 11.8 Å². The fraction of sp³-hybridized carbons (Fsp3) is 0.833. The molecular weight excluding hydrogens is 322 g/mol. The fourth-order valence-electron chi connectivity index (χ4n) is 4.59. The van der Waals surface area contributed by atoms with Gasteiger partial charge in [-0.15, -0.1) is 0 Å². The summed E-state index contributed by atoms with van der Waals surface area (Å²) in [4.78, 5) is 35.9. The van der Waals surface area contributed by atoms with Crippen LogP contribution >= 0.6 is 0 Å². The maximum Gasteiger partial charge on any atom is 0.326 e. The van der Waals surface area contributed by atoms with Crippen molar-refractivity contribution in [3.8, 4) is 0 Å².